The number of methoxy groups -OCH3 is 1. The summed E-state index contributed by atoms with van der Waals surface area (Å²) in [5.74, 6) is 0.148. The summed E-state index contributed by atoms with van der Waals surface area (Å²) in [6.07, 6.45) is 8.61. The fourth-order valence-electron chi connectivity index (χ4n) is 4.63. The average Bonchev–Trinajstić information content (AvgIpc) is 2.92. The van der Waals surface area contributed by atoms with Gasteiger partial charge in [0, 0.05) is 18.7 Å². The van der Waals surface area contributed by atoms with E-state index in [1.165, 1.54) is 17.9 Å². The molecule has 13 heteroatoms. The predicted molar refractivity (Wildman–Crippen MR) is 144 cm³/mol. The monoisotopic (exact) mass is 575 g/mol. The minimum absolute atomic E-state index is 0.0354. The normalized spacial score (nSPS) is 17.5. The van der Waals surface area contributed by atoms with Crippen molar-refractivity contribution < 1.29 is 22.3 Å². The first kappa shape index (κ1) is 27.1. The molecule has 1 saturated heterocycles. The third kappa shape index (κ3) is 5.92. The quantitative estimate of drug-likeness (QED) is 0.419. The number of benzene rings is 1. The van der Waals surface area contributed by atoms with Crippen LogP contribution in [0.5, 0.6) is 11.6 Å². The highest BCUT2D eigenvalue weighted by molar-refractivity contribution is 7.92. The van der Waals surface area contributed by atoms with E-state index >= 15 is 0 Å². The van der Waals surface area contributed by atoms with Crippen LogP contribution < -0.4 is 25.1 Å². The highest BCUT2D eigenvalue weighted by Crippen LogP contribution is 2.32. The maximum absolute atomic E-state index is 13.5. The van der Waals surface area contributed by atoms with Crippen molar-refractivity contribution >= 4 is 33.4 Å². The summed E-state index contributed by atoms with van der Waals surface area (Å²) in [4.78, 5) is 21.6. The van der Waals surface area contributed by atoms with Crippen LogP contribution in [0.2, 0.25) is 5.02 Å². The molecule has 0 spiro atoms. The standard InChI is InChI=1S/C26H27ClFN5O5S/c1-37-25-21(32-39(35,36)23-4-3-19(28)11-20(23)27)10-18(12-31-25)17-2-5-24-30-13-22(26(34)33(24)14-17)38-15-16-6-8-29-9-7-16/h2-5,10-13,16-17,29,32H,6-9,14-15H2,1H3. The van der Waals surface area contributed by atoms with Crippen LogP contribution in [0.25, 0.3) is 6.08 Å². The van der Waals surface area contributed by atoms with E-state index < -0.39 is 15.8 Å². The lowest BCUT2D eigenvalue weighted by Gasteiger charge is -2.24. The van der Waals surface area contributed by atoms with Crippen LogP contribution in [0, 0.1) is 11.7 Å². The Morgan fingerprint density at radius 2 is 2.00 bits per heavy atom. The molecule has 0 bridgehead atoms. The summed E-state index contributed by atoms with van der Waals surface area (Å²) >= 11 is 5.98. The van der Waals surface area contributed by atoms with Crippen molar-refractivity contribution in [3.8, 4) is 11.6 Å². The number of pyridine rings is 1. The smallest absolute Gasteiger partial charge is 0.296 e. The van der Waals surface area contributed by atoms with Gasteiger partial charge in [-0.05, 0) is 67.8 Å². The zero-order valence-electron chi connectivity index (χ0n) is 21.1. The lowest BCUT2D eigenvalue weighted by molar-refractivity contribution is 0.211. The summed E-state index contributed by atoms with van der Waals surface area (Å²) in [6.45, 7) is 2.59. The zero-order valence-corrected chi connectivity index (χ0v) is 22.6. The summed E-state index contributed by atoms with van der Waals surface area (Å²) in [5.41, 5.74) is 0.421. The molecular weight excluding hydrogens is 549 g/mol. The van der Waals surface area contributed by atoms with Gasteiger partial charge < -0.3 is 14.8 Å². The minimum Gasteiger partial charge on any atom is -0.486 e. The number of ether oxygens (including phenoxy) is 2. The molecule has 2 N–H and O–H groups in total. The lowest BCUT2D eigenvalue weighted by Crippen LogP contribution is -2.32. The van der Waals surface area contributed by atoms with E-state index in [0.717, 1.165) is 44.1 Å². The molecule has 1 fully saturated rings. The molecule has 2 aliphatic heterocycles. The first-order valence-electron chi connectivity index (χ1n) is 12.4. The maximum Gasteiger partial charge on any atom is 0.296 e. The highest BCUT2D eigenvalue weighted by Gasteiger charge is 2.24. The number of piperidine rings is 1. The van der Waals surface area contributed by atoms with Crippen LogP contribution in [0.4, 0.5) is 10.1 Å². The third-order valence-electron chi connectivity index (χ3n) is 6.76. The van der Waals surface area contributed by atoms with Crippen LogP contribution in [0.15, 0.2) is 52.4 Å². The maximum atomic E-state index is 13.5. The molecule has 0 saturated carbocycles. The summed E-state index contributed by atoms with van der Waals surface area (Å²) < 4.78 is 54.6. The Kier molecular flexibility index (Phi) is 7.87. The van der Waals surface area contributed by atoms with Gasteiger partial charge in [-0.15, -0.1) is 0 Å². The molecule has 0 aliphatic carbocycles. The van der Waals surface area contributed by atoms with Gasteiger partial charge in [0.15, 0.2) is 0 Å². The van der Waals surface area contributed by atoms with Crippen molar-refractivity contribution in [2.75, 3.05) is 31.5 Å². The number of hydrogen-bond acceptors (Lipinski definition) is 8. The van der Waals surface area contributed by atoms with Crippen molar-refractivity contribution in [3.63, 3.8) is 0 Å². The molecule has 39 heavy (non-hydrogen) atoms. The second-order valence-corrected chi connectivity index (χ2v) is 11.4. The number of halogens is 2. The molecule has 2 aromatic heterocycles. The number of nitrogens with one attached hydrogen (secondary N) is 2. The number of sulfonamides is 1. The van der Waals surface area contributed by atoms with Crippen molar-refractivity contribution in [1.82, 2.24) is 19.9 Å². The van der Waals surface area contributed by atoms with E-state index in [2.05, 4.69) is 20.0 Å². The fourth-order valence-corrected chi connectivity index (χ4v) is 6.21. The number of rotatable bonds is 8. The van der Waals surface area contributed by atoms with E-state index in [1.807, 2.05) is 6.08 Å². The molecule has 3 aromatic rings. The van der Waals surface area contributed by atoms with Gasteiger partial charge in [0.2, 0.25) is 11.6 Å². The Balaban J connectivity index is 1.38. The van der Waals surface area contributed by atoms with E-state index in [9.17, 15) is 17.6 Å². The molecule has 1 atom stereocenters. The van der Waals surface area contributed by atoms with Crippen LogP contribution in [-0.2, 0) is 16.6 Å². The first-order chi connectivity index (χ1) is 18.7. The first-order valence-corrected chi connectivity index (χ1v) is 14.2. The number of aromatic nitrogens is 3. The van der Waals surface area contributed by atoms with Gasteiger partial charge in [-0.3, -0.25) is 14.1 Å². The van der Waals surface area contributed by atoms with E-state index in [1.54, 1.807) is 18.3 Å². The molecule has 1 aromatic carbocycles. The molecular formula is C26H27ClFN5O5S. The number of hydrogen-bond donors (Lipinski definition) is 2. The molecule has 206 valence electrons. The summed E-state index contributed by atoms with van der Waals surface area (Å²) in [6, 6.07) is 4.58. The molecule has 0 radical (unpaired) electrons. The fraction of sp³-hybridized carbons (Fsp3) is 0.346. The number of anilines is 1. The largest absolute Gasteiger partial charge is 0.486 e. The number of fused-ring (bicyclic) bond motifs is 1. The Morgan fingerprint density at radius 1 is 1.21 bits per heavy atom. The van der Waals surface area contributed by atoms with Gasteiger partial charge in [-0.1, -0.05) is 17.7 Å². The zero-order chi connectivity index (χ0) is 27.6. The SMILES string of the molecule is COc1ncc(C2C=Cc3ncc(OCC4CCNCC4)c(=O)n3C2)cc1NS(=O)(=O)c1ccc(F)cc1Cl. The van der Waals surface area contributed by atoms with Gasteiger partial charge >= 0.3 is 0 Å². The van der Waals surface area contributed by atoms with E-state index in [4.69, 9.17) is 21.1 Å². The number of nitrogens with zero attached hydrogens (tertiary/aromatic N) is 3. The topological polar surface area (TPSA) is 124 Å². The average molecular weight is 576 g/mol. The van der Waals surface area contributed by atoms with Gasteiger partial charge in [-0.2, -0.15) is 0 Å². The van der Waals surface area contributed by atoms with Crippen LogP contribution >= 0.6 is 11.6 Å². The van der Waals surface area contributed by atoms with Gasteiger partial charge in [0.05, 0.1) is 24.9 Å². The molecule has 5 rings (SSSR count). The predicted octanol–water partition coefficient (Wildman–Crippen LogP) is 3.43. The van der Waals surface area contributed by atoms with Gasteiger partial charge in [0.25, 0.3) is 15.6 Å². The Hall–Kier alpha value is -3.48. The second-order valence-electron chi connectivity index (χ2n) is 9.37. The minimum atomic E-state index is -4.19. The van der Waals surface area contributed by atoms with Crippen molar-refractivity contribution in [2.24, 2.45) is 5.92 Å². The van der Waals surface area contributed by atoms with Gasteiger partial charge in [-0.25, -0.2) is 22.8 Å². The molecule has 10 nitrogen and oxygen atoms in total. The van der Waals surface area contributed by atoms with Crippen LogP contribution in [0.3, 0.4) is 0 Å². The Bertz CT molecular complexity index is 1570. The van der Waals surface area contributed by atoms with Crippen LogP contribution in [0.1, 0.15) is 30.1 Å². The summed E-state index contributed by atoms with van der Waals surface area (Å²) in [5, 5.41) is 3.05. The third-order valence-corrected chi connectivity index (χ3v) is 8.61. The van der Waals surface area contributed by atoms with Gasteiger partial charge in [0.1, 0.15) is 22.2 Å². The second kappa shape index (κ2) is 11.3. The van der Waals surface area contributed by atoms with E-state index in [0.29, 0.717) is 23.9 Å². The molecule has 0 amide bonds. The Labute approximate surface area is 229 Å². The van der Waals surface area contributed by atoms with E-state index in [-0.39, 0.29) is 45.3 Å². The van der Waals surface area contributed by atoms with Crippen molar-refractivity contribution in [3.05, 3.63) is 75.3 Å². The molecule has 1 unspecified atom stereocenters. The Morgan fingerprint density at radius 3 is 2.74 bits per heavy atom. The molecule has 2 aliphatic rings. The molecule has 4 heterocycles. The van der Waals surface area contributed by atoms with Crippen LogP contribution in [-0.4, -0.2) is 49.8 Å². The lowest BCUT2D eigenvalue weighted by atomic mass is 9.97. The highest BCUT2D eigenvalue weighted by atomic mass is 35.5. The van der Waals surface area contributed by atoms with Crippen molar-refractivity contribution in [1.29, 1.82) is 0 Å². The number of allylic oxidation sites excluding steroid dienone is 1. The summed E-state index contributed by atoms with van der Waals surface area (Å²) in [7, 11) is -2.83. The van der Waals surface area contributed by atoms with Crippen molar-refractivity contribution in [2.45, 2.75) is 30.2 Å².